The van der Waals surface area contributed by atoms with E-state index in [1.165, 1.54) is 6.42 Å². The summed E-state index contributed by atoms with van der Waals surface area (Å²) < 4.78 is 10.9. The van der Waals surface area contributed by atoms with Gasteiger partial charge in [0.2, 0.25) is 5.95 Å². The van der Waals surface area contributed by atoms with Crippen LogP contribution < -0.4 is 24.6 Å². The highest BCUT2D eigenvalue weighted by atomic mass is 16.5. The molecule has 0 spiro atoms. The number of aromatic amines is 1. The molecule has 2 N–H and O–H groups in total. The van der Waals surface area contributed by atoms with Crippen LogP contribution in [0.1, 0.15) is 39.0 Å². The lowest BCUT2D eigenvalue weighted by atomic mass is 9.92. The number of fused-ring (bicyclic) bond motifs is 2. The predicted octanol–water partition coefficient (Wildman–Crippen LogP) is 5.32. The van der Waals surface area contributed by atoms with Gasteiger partial charge in [0, 0.05) is 23.2 Å². The van der Waals surface area contributed by atoms with Crippen LogP contribution in [0.25, 0.3) is 10.9 Å². The van der Waals surface area contributed by atoms with E-state index in [1.807, 2.05) is 43.3 Å². The van der Waals surface area contributed by atoms with Crippen LogP contribution in [0.15, 0.2) is 48.8 Å². The van der Waals surface area contributed by atoms with Crippen LogP contribution in [-0.4, -0.2) is 52.4 Å². The molecule has 196 valence electrons. The highest BCUT2D eigenvalue weighted by molar-refractivity contribution is 6.10. The molecule has 1 aliphatic heterocycles. The Hall–Kier alpha value is -4.34. The lowest BCUT2D eigenvalue weighted by Crippen LogP contribution is -2.55. The zero-order chi connectivity index (χ0) is 26.2. The number of carbonyl (C=O) groups excluding carboxylic acids is 1. The molecule has 1 atom stereocenters. The molecule has 0 unspecified atom stereocenters. The lowest BCUT2D eigenvalue weighted by molar-refractivity contribution is -0.119. The van der Waals surface area contributed by atoms with Crippen molar-refractivity contribution in [3.8, 4) is 11.5 Å². The number of amides is 1. The van der Waals surface area contributed by atoms with E-state index in [0.717, 1.165) is 48.1 Å². The maximum Gasteiger partial charge on any atom is 0.254 e. The summed E-state index contributed by atoms with van der Waals surface area (Å²) in [5.74, 6) is 2.35. The summed E-state index contributed by atoms with van der Waals surface area (Å²) in [4.78, 5) is 27.4. The van der Waals surface area contributed by atoms with Gasteiger partial charge in [-0.1, -0.05) is 19.3 Å². The maximum absolute atomic E-state index is 13.9. The van der Waals surface area contributed by atoms with Crippen molar-refractivity contribution in [3.63, 3.8) is 0 Å². The van der Waals surface area contributed by atoms with Crippen LogP contribution in [0.3, 0.4) is 0 Å². The molecule has 38 heavy (non-hydrogen) atoms. The molecule has 10 nitrogen and oxygen atoms in total. The van der Waals surface area contributed by atoms with Crippen molar-refractivity contribution < 1.29 is 14.3 Å². The summed E-state index contributed by atoms with van der Waals surface area (Å²) in [5, 5.41) is 11.4. The van der Waals surface area contributed by atoms with Crippen molar-refractivity contribution in [2.45, 2.75) is 51.1 Å². The number of nitrogens with zero attached hydrogens (tertiary/aromatic N) is 5. The first-order valence-corrected chi connectivity index (χ1v) is 13.0. The number of aromatic nitrogens is 4. The van der Waals surface area contributed by atoms with Gasteiger partial charge < -0.3 is 19.7 Å². The molecule has 2 aliphatic rings. The number of nitrogens with one attached hydrogen (secondary N) is 2. The van der Waals surface area contributed by atoms with Gasteiger partial charge in [0.15, 0.2) is 17.3 Å². The van der Waals surface area contributed by atoms with Gasteiger partial charge in [-0.05, 0) is 50.1 Å². The van der Waals surface area contributed by atoms with E-state index < -0.39 is 0 Å². The smallest absolute Gasteiger partial charge is 0.254 e. The van der Waals surface area contributed by atoms with Gasteiger partial charge >= 0.3 is 0 Å². The van der Waals surface area contributed by atoms with Gasteiger partial charge in [0.1, 0.15) is 11.7 Å². The Morgan fingerprint density at radius 3 is 2.61 bits per heavy atom. The van der Waals surface area contributed by atoms with E-state index in [4.69, 9.17) is 14.5 Å². The van der Waals surface area contributed by atoms with Gasteiger partial charge in [-0.15, -0.1) is 0 Å². The standard InChI is InChI=1S/C28H31N7O3/c1-17-27(36)35(21-10-12-24(37-2)25(14-21)38-3)23-16-29-28(31-19-9-11-22-18(13-19)15-30-33-22)32-26(23)34(17)20-7-5-4-6-8-20/h9-17,20H,4-8H2,1-3H3,(H,30,33)(H,29,31,32)/t17-/m1/s1. The minimum absolute atomic E-state index is 0.0231. The molecule has 1 amide bonds. The summed E-state index contributed by atoms with van der Waals surface area (Å²) in [6.07, 6.45) is 9.12. The van der Waals surface area contributed by atoms with Crippen molar-refractivity contribution in [2.75, 3.05) is 29.3 Å². The molecule has 0 radical (unpaired) electrons. The predicted molar refractivity (Wildman–Crippen MR) is 147 cm³/mol. The number of hydrogen-bond acceptors (Lipinski definition) is 8. The monoisotopic (exact) mass is 513 g/mol. The second kappa shape index (κ2) is 9.85. The lowest BCUT2D eigenvalue weighted by Gasteiger charge is -2.45. The van der Waals surface area contributed by atoms with Crippen LogP contribution in [0.4, 0.5) is 28.8 Å². The van der Waals surface area contributed by atoms with Crippen molar-refractivity contribution in [2.24, 2.45) is 0 Å². The average molecular weight is 514 g/mol. The van der Waals surface area contributed by atoms with Gasteiger partial charge in [-0.3, -0.25) is 14.8 Å². The van der Waals surface area contributed by atoms with Crippen molar-refractivity contribution in [1.29, 1.82) is 0 Å². The summed E-state index contributed by atoms with van der Waals surface area (Å²) in [6, 6.07) is 11.3. The third-order valence-electron chi connectivity index (χ3n) is 7.52. The third-order valence-corrected chi connectivity index (χ3v) is 7.52. The Balaban J connectivity index is 1.43. The molecule has 0 saturated heterocycles. The summed E-state index contributed by atoms with van der Waals surface area (Å²) >= 11 is 0. The normalized spacial score (nSPS) is 18.0. The largest absolute Gasteiger partial charge is 0.493 e. The fourth-order valence-electron chi connectivity index (χ4n) is 5.61. The molecule has 0 bridgehead atoms. The minimum atomic E-state index is -0.385. The number of rotatable bonds is 6. The molecular formula is C28H31N7O3. The molecule has 1 aliphatic carbocycles. The van der Waals surface area contributed by atoms with E-state index in [2.05, 4.69) is 25.4 Å². The Kier molecular flexibility index (Phi) is 6.22. The summed E-state index contributed by atoms with van der Waals surface area (Å²) in [6.45, 7) is 1.97. The number of H-pyrrole nitrogens is 1. The van der Waals surface area contributed by atoms with E-state index in [9.17, 15) is 4.79 Å². The van der Waals surface area contributed by atoms with Crippen LogP contribution in [-0.2, 0) is 4.79 Å². The van der Waals surface area contributed by atoms with E-state index in [0.29, 0.717) is 28.8 Å². The first kappa shape index (κ1) is 24.0. The number of anilines is 5. The number of ether oxygens (including phenoxy) is 2. The molecule has 3 heterocycles. The van der Waals surface area contributed by atoms with Gasteiger partial charge in [-0.25, -0.2) is 4.98 Å². The van der Waals surface area contributed by atoms with Gasteiger partial charge in [0.25, 0.3) is 5.91 Å². The number of hydrogen-bond donors (Lipinski definition) is 2. The maximum atomic E-state index is 13.9. The van der Waals surface area contributed by atoms with Crippen LogP contribution in [0.5, 0.6) is 11.5 Å². The SMILES string of the molecule is COc1ccc(N2C(=O)[C@@H](C)N(C3CCCCC3)c3nc(Nc4ccc5[nH]ncc5c4)ncc32)cc1OC. The second-order valence-electron chi connectivity index (χ2n) is 9.79. The van der Waals surface area contributed by atoms with Crippen molar-refractivity contribution in [3.05, 3.63) is 48.8 Å². The Morgan fingerprint density at radius 2 is 1.82 bits per heavy atom. The molecular weight excluding hydrogens is 482 g/mol. The van der Waals surface area contributed by atoms with Gasteiger partial charge in [-0.2, -0.15) is 10.1 Å². The van der Waals surface area contributed by atoms with Gasteiger partial charge in [0.05, 0.1) is 37.8 Å². The Labute approximate surface area is 221 Å². The first-order chi connectivity index (χ1) is 18.6. The molecule has 2 aromatic carbocycles. The number of methoxy groups -OCH3 is 2. The fraction of sp³-hybridized carbons (Fsp3) is 0.357. The highest BCUT2D eigenvalue weighted by Gasteiger charge is 2.41. The number of carbonyl (C=O) groups is 1. The molecule has 1 saturated carbocycles. The third kappa shape index (κ3) is 4.15. The van der Waals surface area contributed by atoms with Crippen molar-refractivity contribution in [1.82, 2.24) is 20.2 Å². The molecule has 6 rings (SSSR count). The van der Waals surface area contributed by atoms with Crippen molar-refractivity contribution >= 4 is 45.6 Å². The first-order valence-electron chi connectivity index (χ1n) is 13.0. The van der Waals surface area contributed by atoms with E-state index >= 15 is 0 Å². The number of benzene rings is 2. The highest BCUT2D eigenvalue weighted by Crippen LogP contribution is 2.44. The molecule has 2 aromatic heterocycles. The van der Waals surface area contributed by atoms with Crippen LogP contribution >= 0.6 is 0 Å². The van der Waals surface area contributed by atoms with Crippen LogP contribution in [0, 0.1) is 0 Å². The topological polar surface area (TPSA) is 109 Å². The molecule has 4 aromatic rings. The average Bonchev–Trinajstić information content (AvgIpc) is 3.42. The zero-order valence-electron chi connectivity index (χ0n) is 21.8. The minimum Gasteiger partial charge on any atom is -0.493 e. The van der Waals surface area contributed by atoms with Crippen LogP contribution in [0.2, 0.25) is 0 Å². The molecule has 1 fully saturated rings. The fourth-order valence-corrected chi connectivity index (χ4v) is 5.61. The van der Waals surface area contributed by atoms with E-state index in [1.54, 1.807) is 31.5 Å². The van der Waals surface area contributed by atoms with E-state index in [-0.39, 0.29) is 18.0 Å². The zero-order valence-corrected chi connectivity index (χ0v) is 21.8. The summed E-state index contributed by atoms with van der Waals surface area (Å²) in [7, 11) is 3.18. The Morgan fingerprint density at radius 1 is 1.00 bits per heavy atom. The Bertz CT molecular complexity index is 1480. The summed E-state index contributed by atoms with van der Waals surface area (Å²) in [5.41, 5.74) is 3.16. The quantitative estimate of drug-likeness (QED) is 0.357. The molecule has 10 heteroatoms. The second-order valence-corrected chi connectivity index (χ2v) is 9.79.